The minimum atomic E-state index is -0.751. The number of hydrogen-bond donors (Lipinski definition) is 1. The SMILES string of the molecule is Cc1cc(=O)n(-c2ccccc2)c(C)n1.FC1CSCCN1. The van der Waals surface area contributed by atoms with E-state index in [0.717, 1.165) is 23.7 Å². The summed E-state index contributed by atoms with van der Waals surface area (Å²) in [5, 5.41) is 2.69. The van der Waals surface area contributed by atoms with E-state index in [-0.39, 0.29) is 5.56 Å². The minimum absolute atomic E-state index is 0.0359. The highest BCUT2D eigenvalue weighted by atomic mass is 32.2. The molecule has 0 bridgehead atoms. The molecule has 0 amide bonds. The van der Waals surface area contributed by atoms with Gasteiger partial charge in [0.05, 0.1) is 5.69 Å². The Kier molecular flexibility index (Phi) is 6.15. The first-order chi connectivity index (χ1) is 10.6. The highest BCUT2D eigenvalue weighted by molar-refractivity contribution is 7.99. The summed E-state index contributed by atoms with van der Waals surface area (Å²) in [5.74, 6) is 2.40. The van der Waals surface area contributed by atoms with Gasteiger partial charge in [0.2, 0.25) is 0 Å². The van der Waals surface area contributed by atoms with Crippen LogP contribution in [0.3, 0.4) is 0 Å². The van der Waals surface area contributed by atoms with E-state index in [1.54, 1.807) is 22.4 Å². The predicted molar refractivity (Wildman–Crippen MR) is 89.5 cm³/mol. The van der Waals surface area contributed by atoms with E-state index >= 15 is 0 Å². The van der Waals surface area contributed by atoms with Crippen molar-refractivity contribution in [3.05, 3.63) is 58.3 Å². The summed E-state index contributed by atoms with van der Waals surface area (Å²) in [5.41, 5.74) is 1.57. The number of alkyl halides is 1. The van der Waals surface area contributed by atoms with E-state index < -0.39 is 6.30 Å². The molecule has 118 valence electrons. The standard InChI is InChI=1S/C12H12N2O.C4H8FNS/c1-9-8-12(15)14(10(2)13-9)11-6-4-3-5-7-11;5-4-3-7-2-1-6-4/h3-8H,1-2H3;4,6H,1-3H2. The lowest BCUT2D eigenvalue weighted by Crippen LogP contribution is -2.33. The van der Waals surface area contributed by atoms with Crippen LogP contribution in [0.2, 0.25) is 0 Å². The van der Waals surface area contributed by atoms with Crippen molar-refractivity contribution < 1.29 is 4.39 Å². The van der Waals surface area contributed by atoms with Crippen LogP contribution in [-0.2, 0) is 0 Å². The molecule has 4 nitrogen and oxygen atoms in total. The van der Waals surface area contributed by atoms with Gasteiger partial charge in [-0.05, 0) is 26.0 Å². The minimum Gasteiger partial charge on any atom is -0.286 e. The van der Waals surface area contributed by atoms with E-state index in [1.807, 2.05) is 44.2 Å². The van der Waals surface area contributed by atoms with Crippen LogP contribution in [0.4, 0.5) is 4.39 Å². The summed E-state index contributed by atoms with van der Waals surface area (Å²) in [4.78, 5) is 16.1. The van der Waals surface area contributed by atoms with Gasteiger partial charge in [-0.3, -0.25) is 14.7 Å². The van der Waals surface area contributed by atoms with Crippen LogP contribution in [0.15, 0.2) is 41.2 Å². The lowest BCUT2D eigenvalue weighted by atomic mass is 10.3. The van der Waals surface area contributed by atoms with E-state index in [2.05, 4.69) is 10.3 Å². The van der Waals surface area contributed by atoms with Crippen LogP contribution >= 0.6 is 11.8 Å². The fraction of sp³-hybridized carbons (Fsp3) is 0.375. The molecule has 1 fully saturated rings. The number of nitrogens with one attached hydrogen (secondary N) is 1. The lowest BCUT2D eigenvalue weighted by Gasteiger charge is -2.14. The van der Waals surface area contributed by atoms with Gasteiger partial charge < -0.3 is 0 Å². The molecule has 2 aromatic rings. The molecule has 0 radical (unpaired) electrons. The maximum atomic E-state index is 12.1. The smallest absolute Gasteiger partial charge is 0.258 e. The number of hydrogen-bond acceptors (Lipinski definition) is 4. The zero-order valence-corrected chi connectivity index (χ0v) is 13.6. The fourth-order valence-corrected chi connectivity index (χ4v) is 2.92. The Balaban J connectivity index is 0.000000211. The van der Waals surface area contributed by atoms with Crippen molar-refractivity contribution in [1.29, 1.82) is 0 Å². The number of aryl methyl sites for hydroxylation is 2. The maximum Gasteiger partial charge on any atom is 0.258 e. The van der Waals surface area contributed by atoms with Gasteiger partial charge in [0, 0.05) is 29.8 Å². The van der Waals surface area contributed by atoms with Gasteiger partial charge >= 0.3 is 0 Å². The Hall–Kier alpha value is -1.66. The van der Waals surface area contributed by atoms with Gasteiger partial charge in [-0.25, -0.2) is 9.37 Å². The molecule has 1 aliphatic rings. The number of benzene rings is 1. The van der Waals surface area contributed by atoms with Crippen molar-refractivity contribution in [2.24, 2.45) is 0 Å². The van der Waals surface area contributed by atoms with E-state index in [0.29, 0.717) is 11.6 Å². The highest BCUT2D eigenvalue weighted by Gasteiger charge is 2.08. The molecule has 1 aromatic heterocycles. The molecule has 0 aliphatic carbocycles. The molecule has 1 atom stereocenters. The van der Waals surface area contributed by atoms with Gasteiger partial charge in [-0.15, -0.1) is 0 Å². The first kappa shape index (κ1) is 16.7. The molecule has 1 N–H and O–H groups in total. The second-order valence-electron chi connectivity index (χ2n) is 4.95. The predicted octanol–water partition coefficient (Wildman–Crippen LogP) is 2.47. The third-order valence-corrected chi connectivity index (χ3v) is 4.13. The Morgan fingerprint density at radius 1 is 1.32 bits per heavy atom. The van der Waals surface area contributed by atoms with Gasteiger partial charge in [0.1, 0.15) is 5.82 Å². The number of aromatic nitrogens is 2. The molecular weight excluding hydrogens is 301 g/mol. The van der Waals surface area contributed by atoms with Crippen molar-refractivity contribution in [1.82, 2.24) is 14.9 Å². The topological polar surface area (TPSA) is 46.9 Å². The normalized spacial score (nSPS) is 17.5. The molecule has 1 saturated heterocycles. The third-order valence-electron chi connectivity index (χ3n) is 3.11. The van der Waals surface area contributed by atoms with Gasteiger partial charge in [-0.1, -0.05) is 18.2 Å². The van der Waals surface area contributed by atoms with Crippen molar-refractivity contribution in [2.75, 3.05) is 18.1 Å². The molecule has 3 rings (SSSR count). The Labute approximate surface area is 133 Å². The van der Waals surface area contributed by atoms with Crippen molar-refractivity contribution in [2.45, 2.75) is 20.1 Å². The molecule has 22 heavy (non-hydrogen) atoms. The summed E-state index contributed by atoms with van der Waals surface area (Å²) < 4.78 is 13.7. The average molecular weight is 321 g/mol. The fourth-order valence-electron chi connectivity index (χ4n) is 2.16. The average Bonchev–Trinajstić information content (AvgIpc) is 2.49. The molecule has 1 aromatic carbocycles. The third kappa shape index (κ3) is 4.68. The maximum absolute atomic E-state index is 12.1. The van der Waals surface area contributed by atoms with Crippen molar-refractivity contribution >= 4 is 11.8 Å². The van der Waals surface area contributed by atoms with Gasteiger partial charge in [0.15, 0.2) is 6.30 Å². The highest BCUT2D eigenvalue weighted by Crippen LogP contribution is 2.07. The second-order valence-corrected chi connectivity index (χ2v) is 6.10. The summed E-state index contributed by atoms with van der Waals surface area (Å²) in [7, 11) is 0. The number of thioether (sulfide) groups is 1. The molecule has 2 heterocycles. The van der Waals surface area contributed by atoms with E-state index in [9.17, 15) is 9.18 Å². The van der Waals surface area contributed by atoms with Crippen LogP contribution in [0.5, 0.6) is 0 Å². The van der Waals surface area contributed by atoms with Crippen LogP contribution in [0, 0.1) is 13.8 Å². The van der Waals surface area contributed by atoms with Crippen LogP contribution in [0.25, 0.3) is 5.69 Å². The van der Waals surface area contributed by atoms with Gasteiger partial charge in [-0.2, -0.15) is 11.8 Å². The molecular formula is C16H20FN3OS. The van der Waals surface area contributed by atoms with E-state index in [1.165, 1.54) is 0 Å². The second kappa shape index (κ2) is 8.10. The number of halogens is 1. The summed E-state index contributed by atoms with van der Waals surface area (Å²) in [6.45, 7) is 4.48. The van der Waals surface area contributed by atoms with E-state index in [4.69, 9.17) is 0 Å². The molecule has 1 unspecified atom stereocenters. The zero-order valence-electron chi connectivity index (χ0n) is 12.8. The van der Waals surface area contributed by atoms with Crippen LogP contribution in [-0.4, -0.2) is 33.9 Å². The van der Waals surface area contributed by atoms with Gasteiger partial charge in [0.25, 0.3) is 5.56 Å². The Bertz CT molecular complexity index is 654. The largest absolute Gasteiger partial charge is 0.286 e. The number of para-hydroxylation sites is 1. The molecule has 6 heteroatoms. The number of nitrogens with zero attached hydrogens (tertiary/aromatic N) is 2. The summed E-state index contributed by atoms with van der Waals surface area (Å²) >= 11 is 1.67. The Morgan fingerprint density at radius 2 is 2.05 bits per heavy atom. The monoisotopic (exact) mass is 321 g/mol. The quantitative estimate of drug-likeness (QED) is 0.820. The first-order valence-electron chi connectivity index (χ1n) is 7.16. The summed E-state index contributed by atoms with van der Waals surface area (Å²) in [6, 6.07) is 11.1. The summed E-state index contributed by atoms with van der Waals surface area (Å²) in [6.07, 6.45) is -0.751. The molecule has 0 saturated carbocycles. The zero-order chi connectivity index (χ0) is 15.9. The van der Waals surface area contributed by atoms with Crippen molar-refractivity contribution in [3.8, 4) is 5.69 Å². The van der Waals surface area contributed by atoms with Crippen LogP contribution in [0.1, 0.15) is 11.5 Å². The Morgan fingerprint density at radius 3 is 2.55 bits per heavy atom. The number of rotatable bonds is 1. The lowest BCUT2D eigenvalue weighted by molar-refractivity contribution is 0.305. The van der Waals surface area contributed by atoms with Crippen molar-refractivity contribution in [3.63, 3.8) is 0 Å². The first-order valence-corrected chi connectivity index (χ1v) is 8.31. The molecule has 1 aliphatic heterocycles. The molecule has 0 spiro atoms. The van der Waals surface area contributed by atoms with Crippen LogP contribution < -0.4 is 10.9 Å².